The molecule has 3 rings (SSSR count). The summed E-state index contributed by atoms with van der Waals surface area (Å²) in [5.41, 5.74) is 16.8. The van der Waals surface area contributed by atoms with Crippen molar-refractivity contribution in [3.8, 4) is 0 Å². The minimum absolute atomic E-state index is 0.839. The van der Waals surface area contributed by atoms with Crippen LogP contribution in [0.2, 0.25) is 0 Å². The van der Waals surface area contributed by atoms with E-state index in [1.54, 1.807) is 0 Å². The van der Waals surface area contributed by atoms with Gasteiger partial charge < -0.3 is 21.1 Å². The Balaban J connectivity index is 1.77. The number of ether oxygens (including phenoxy) is 1. The standard InChI is InChI=1S/C17H28N4O/c18-15-4-5-16(19)17(21-7-2-1-3-8-21)14(15)6-9-20-10-12-22-13-11-20/h4-5H,1-3,6-13,18-19H2. The normalized spacial score (nSPS) is 20.3. The van der Waals surface area contributed by atoms with Gasteiger partial charge in [0.05, 0.1) is 24.6 Å². The zero-order chi connectivity index (χ0) is 15.4. The van der Waals surface area contributed by atoms with Crippen molar-refractivity contribution in [2.24, 2.45) is 0 Å². The number of morpholine rings is 1. The third-order valence-electron chi connectivity index (χ3n) is 4.80. The molecule has 0 saturated carbocycles. The lowest BCUT2D eigenvalue weighted by Gasteiger charge is -2.33. The molecule has 0 atom stereocenters. The molecule has 0 unspecified atom stereocenters. The van der Waals surface area contributed by atoms with E-state index in [0.717, 1.165) is 63.7 Å². The van der Waals surface area contributed by atoms with Crippen LogP contribution in [0, 0.1) is 0 Å². The number of nitrogens with zero attached hydrogens (tertiary/aromatic N) is 2. The van der Waals surface area contributed by atoms with Gasteiger partial charge in [0.25, 0.3) is 0 Å². The Morgan fingerprint density at radius 3 is 2.32 bits per heavy atom. The molecule has 5 nitrogen and oxygen atoms in total. The lowest BCUT2D eigenvalue weighted by Crippen LogP contribution is -2.38. The second-order valence-electron chi connectivity index (χ2n) is 6.32. The molecule has 0 radical (unpaired) electrons. The van der Waals surface area contributed by atoms with Crippen LogP contribution in [-0.4, -0.2) is 50.8 Å². The quantitative estimate of drug-likeness (QED) is 0.829. The molecule has 2 saturated heterocycles. The van der Waals surface area contributed by atoms with Crippen LogP contribution in [0.1, 0.15) is 24.8 Å². The molecule has 5 heteroatoms. The number of nitrogens with two attached hydrogens (primary N) is 2. The second kappa shape index (κ2) is 7.20. The van der Waals surface area contributed by atoms with E-state index in [1.165, 1.54) is 30.5 Å². The van der Waals surface area contributed by atoms with Crippen LogP contribution < -0.4 is 16.4 Å². The third-order valence-corrected chi connectivity index (χ3v) is 4.80. The van der Waals surface area contributed by atoms with Gasteiger partial charge in [0.2, 0.25) is 0 Å². The van der Waals surface area contributed by atoms with Crippen LogP contribution in [-0.2, 0) is 11.2 Å². The number of piperidine rings is 1. The van der Waals surface area contributed by atoms with Gasteiger partial charge in [0.1, 0.15) is 0 Å². The topological polar surface area (TPSA) is 67.8 Å². The predicted octanol–water partition coefficient (Wildman–Crippen LogP) is 1.72. The summed E-state index contributed by atoms with van der Waals surface area (Å²) < 4.78 is 5.42. The van der Waals surface area contributed by atoms with Gasteiger partial charge in [-0.2, -0.15) is 0 Å². The Labute approximate surface area is 133 Å². The lowest BCUT2D eigenvalue weighted by atomic mass is 10.0. The van der Waals surface area contributed by atoms with E-state index in [4.69, 9.17) is 16.2 Å². The van der Waals surface area contributed by atoms with Crippen LogP contribution in [0.3, 0.4) is 0 Å². The van der Waals surface area contributed by atoms with Gasteiger partial charge in [0, 0.05) is 44.0 Å². The monoisotopic (exact) mass is 304 g/mol. The number of nitrogen functional groups attached to an aromatic ring is 2. The van der Waals surface area contributed by atoms with Gasteiger partial charge in [-0.25, -0.2) is 0 Å². The molecule has 2 aliphatic heterocycles. The van der Waals surface area contributed by atoms with Gasteiger partial charge in [-0.15, -0.1) is 0 Å². The van der Waals surface area contributed by atoms with E-state index in [1.807, 2.05) is 12.1 Å². The molecule has 0 amide bonds. The molecule has 2 fully saturated rings. The van der Waals surface area contributed by atoms with Crippen LogP contribution in [0.15, 0.2) is 12.1 Å². The molecular formula is C17H28N4O. The molecule has 22 heavy (non-hydrogen) atoms. The Morgan fingerprint density at radius 1 is 0.909 bits per heavy atom. The van der Waals surface area contributed by atoms with Gasteiger partial charge in [0.15, 0.2) is 0 Å². The van der Waals surface area contributed by atoms with Gasteiger partial charge in [-0.1, -0.05) is 0 Å². The maximum atomic E-state index is 6.30. The SMILES string of the molecule is Nc1ccc(N)c(N2CCCCC2)c1CCN1CCOCC1. The summed E-state index contributed by atoms with van der Waals surface area (Å²) in [4.78, 5) is 4.88. The Morgan fingerprint density at radius 2 is 1.59 bits per heavy atom. The number of benzene rings is 1. The highest BCUT2D eigenvalue weighted by Gasteiger charge is 2.20. The molecule has 0 spiro atoms. The van der Waals surface area contributed by atoms with Crippen LogP contribution in [0.4, 0.5) is 17.1 Å². The molecule has 122 valence electrons. The first-order chi connectivity index (χ1) is 10.8. The maximum absolute atomic E-state index is 6.30. The van der Waals surface area contributed by atoms with E-state index in [2.05, 4.69) is 9.80 Å². The highest BCUT2D eigenvalue weighted by atomic mass is 16.5. The number of hydrogen-bond acceptors (Lipinski definition) is 5. The van der Waals surface area contributed by atoms with Crippen LogP contribution >= 0.6 is 0 Å². The fourth-order valence-corrected chi connectivity index (χ4v) is 3.52. The van der Waals surface area contributed by atoms with E-state index in [-0.39, 0.29) is 0 Å². The average molecular weight is 304 g/mol. The van der Waals surface area contributed by atoms with Crippen molar-refractivity contribution in [2.45, 2.75) is 25.7 Å². The first kappa shape index (κ1) is 15.4. The molecule has 1 aromatic carbocycles. The summed E-state index contributed by atoms with van der Waals surface area (Å²) in [5, 5.41) is 0. The first-order valence-electron chi connectivity index (χ1n) is 8.47. The van der Waals surface area contributed by atoms with E-state index in [9.17, 15) is 0 Å². The van der Waals surface area contributed by atoms with Crippen molar-refractivity contribution in [3.63, 3.8) is 0 Å². The summed E-state index contributed by atoms with van der Waals surface area (Å²) >= 11 is 0. The van der Waals surface area contributed by atoms with Crippen molar-refractivity contribution in [2.75, 3.05) is 62.3 Å². The van der Waals surface area contributed by atoms with Gasteiger partial charge >= 0.3 is 0 Å². The van der Waals surface area contributed by atoms with Gasteiger partial charge in [-0.05, 0) is 37.8 Å². The average Bonchev–Trinajstić information content (AvgIpc) is 2.57. The summed E-state index contributed by atoms with van der Waals surface area (Å²) in [5.74, 6) is 0. The highest BCUT2D eigenvalue weighted by molar-refractivity contribution is 5.78. The third kappa shape index (κ3) is 3.47. The second-order valence-corrected chi connectivity index (χ2v) is 6.32. The lowest BCUT2D eigenvalue weighted by molar-refractivity contribution is 0.0385. The summed E-state index contributed by atoms with van der Waals surface area (Å²) in [7, 11) is 0. The summed E-state index contributed by atoms with van der Waals surface area (Å²) in [6.07, 6.45) is 4.78. The molecule has 0 aromatic heterocycles. The molecule has 2 heterocycles. The molecule has 0 bridgehead atoms. The summed E-state index contributed by atoms with van der Waals surface area (Å²) in [6, 6.07) is 3.91. The first-order valence-corrected chi connectivity index (χ1v) is 8.47. The van der Waals surface area contributed by atoms with E-state index in [0.29, 0.717) is 0 Å². The minimum Gasteiger partial charge on any atom is -0.398 e. The highest BCUT2D eigenvalue weighted by Crippen LogP contribution is 2.34. The number of hydrogen-bond donors (Lipinski definition) is 2. The maximum Gasteiger partial charge on any atom is 0.0653 e. The van der Waals surface area contributed by atoms with E-state index >= 15 is 0 Å². The largest absolute Gasteiger partial charge is 0.398 e. The predicted molar refractivity (Wildman–Crippen MR) is 92.3 cm³/mol. The zero-order valence-electron chi connectivity index (χ0n) is 13.4. The Bertz CT molecular complexity index is 494. The van der Waals surface area contributed by atoms with Crippen molar-refractivity contribution >= 4 is 17.1 Å². The number of rotatable bonds is 4. The molecular weight excluding hydrogens is 276 g/mol. The smallest absolute Gasteiger partial charge is 0.0653 e. The van der Waals surface area contributed by atoms with Crippen molar-refractivity contribution in [1.82, 2.24) is 4.90 Å². The van der Waals surface area contributed by atoms with Crippen molar-refractivity contribution in [1.29, 1.82) is 0 Å². The van der Waals surface area contributed by atoms with E-state index < -0.39 is 0 Å². The Hall–Kier alpha value is -1.46. The van der Waals surface area contributed by atoms with Crippen molar-refractivity contribution < 1.29 is 4.74 Å². The zero-order valence-corrected chi connectivity index (χ0v) is 13.4. The Kier molecular flexibility index (Phi) is 5.05. The fourth-order valence-electron chi connectivity index (χ4n) is 3.52. The molecule has 0 aliphatic carbocycles. The molecule has 2 aliphatic rings. The van der Waals surface area contributed by atoms with Crippen LogP contribution in [0.5, 0.6) is 0 Å². The summed E-state index contributed by atoms with van der Waals surface area (Å²) in [6.45, 7) is 6.92. The minimum atomic E-state index is 0.839. The molecule has 1 aromatic rings. The van der Waals surface area contributed by atoms with Crippen LogP contribution in [0.25, 0.3) is 0 Å². The molecule has 4 N–H and O–H groups in total. The van der Waals surface area contributed by atoms with Crippen molar-refractivity contribution in [3.05, 3.63) is 17.7 Å². The fraction of sp³-hybridized carbons (Fsp3) is 0.647. The number of anilines is 3. The van der Waals surface area contributed by atoms with Gasteiger partial charge in [-0.3, -0.25) is 4.90 Å².